The molecule has 31 heavy (non-hydrogen) atoms. The van der Waals surface area contributed by atoms with Crippen molar-refractivity contribution >= 4 is 0 Å². The van der Waals surface area contributed by atoms with Crippen LogP contribution in [-0.4, -0.2) is 29.3 Å². The third-order valence-corrected chi connectivity index (χ3v) is 7.73. The van der Waals surface area contributed by atoms with Gasteiger partial charge in [-0.05, 0) is 0 Å². The number of hydrogen-bond donors (Lipinski definition) is 0. The molecule has 0 aromatic carbocycles. The van der Waals surface area contributed by atoms with E-state index in [9.17, 15) is 0 Å². The van der Waals surface area contributed by atoms with Crippen molar-refractivity contribution in [1.82, 2.24) is 0 Å². The third-order valence-electron chi connectivity index (χ3n) is 4.90. The van der Waals surface area contributed by atoms with E-state index in [0.29, 0.717) is 18.0 Å². The van der Waals surface area contributed by atoms with E-state index < -0.39 is 18.2 Å². The minimum absolute atomic E-state index is 0.148. The van der Waals surface area contributed by atoms with Crippen molar-refractivity contribution in [1.29, 1.82) is 0 Å². The molecular weight excluding hydrogens is 464 g/mol. The van der Waals surface area contributed by atoms with Gasteiger partial charge in [-0.3, -0.25) is 0 Å². The van der Waals surface area contributed by atoms with E-state index in [2.05, 4.69) is 111 Å². The summed E-state index contributed by atoms with van der Waals surface area (Å²) in [5.74, 6) is 1.94. The van der Waals surface area contributed by atoms with Gasteiger partial charge >= 0.3 is 90.7 Å². The van der Waals surface area contributed by atoms with Gasteiger partial charge in [0.15, 0.2) is 0 Å². The van der Waals surface area contributed by atoms with Crippen molar-refractivity contribution in [3.63, 3.8) is 0 Å². The molecule has 0 saturated carbocycles. The predicted octanol–water partition coefficient (Wildman–Crippen LogP) is 9.75. The second kappa shape index (κ2) is 19.7. The first-order valence-corrected chi connectivity index (χ1v) is 14.1. The molecular formula is C26H57MoN4-3. The van der Waals surface area contributed by atoms with E-state index in [0.717, 1.165) is 25.7 Å². The van der Waals surface area contributed by atoms with E-state index in [4.69, 9.17) is 10.6 Å². The van der Waals surface area contributed by atoms with Gasteiger partial charge in [0.05, 0.1) is 0 Å². The van der Waals surface area contributed by atoms with Crippen LogP contribution in [0.2, 0.25) is 0 Å². The van der Waals surface area contributed by atoms with Crippen molar-refractivity contribution < 1.29 is 18.2 Å². The Morgan fingerprint density at radius 1 is 0.710 bits per heavy atom. The third kappa shape index (κ3) is 26.3. The standard InChI is InChI=1S/C12H26N2.2C5H11N.C4H9.Mo/c1-7-10(5)13-12(9(3)4)14-11(6)8-2;2*1-4-5(2,3)6;1-4(2)3;/h9-12H,7-8H2,1-6H3;2*4H2,1-3H3;1-3H3;/q-2;;;-1;. The molecule has 0 aliphatic carbocycles. The Bertz CT molecular complexity index is 431. The molecule has 2 unspecified atom stereocenters. The maximum Gasteiger partial charge on any atom is -0.0658 e. The fourth-order valence-electron chi connectivity index (χ4n) is 1.49. The zero-order chi connectivity index (χ0) is 25.3. The Morgan fingerprint density at radius 2 is 1.00 bits per heavy atom. The number of nitrogens with zero attached hydrogens (tertiary/aromatic N) is 4. The first-order chi connectivity index (χ1) is 14.1. The summed E-state index contributed by atoms with van der Waals surface area (Å²) in [6.45, 7) is 32.4. The summed E-state index contributed by atoms with van der Waals surface area (Å²) in [5.41, 5.74) is 0.297. The molecule has 0 aromatic heterocycles. The minimum Gasteiger partial charge on any atom is -0.675 e. The molecule has 190 valence electrons. The largest absolute Gasteiger partial charge is 0.675 e. The molecule has 0 spiro atoms. The van der Waals surface area contributed by atoms with Gasteiger partial charge < -0.3 is 16.6 Å². The summed E-state index contributed by atoms with van der Waals surface area (Å²) in [7, 11) is 0. The number of hydrogen-bond acceptors (Lipinski definition) is 2. The molecule has 5 heteroatoms. The molecule has 0 fully saturated rings. The van der Waals surface area contributed by atoms with Crippen molar-refractivity contribution in [3.05, 3.63) is 16.6 Å². The average Bonchev–Trinajstić information content (AvgIpc) is 2.66. The molecule has 0 aliphatic rings. The molecule has 0 radical (unpaired) electrons. The minimum atomic E-state index is -0.492. The monoisotopic (exact) mass is 523 g/mol. The first-order valence-electron chi connectivity index (χ1n) is 12.3. The van der Waals surface area contributed by atoms with Crippen LogP contribution in [0, 0.1) is 11.8 Å². The SMILES string of the molecule is CCC(C)(C)[N]=[Mo]=[N]C(C)(C)CC.CCC(C)[N-]C([N-]C(C)CC)C(C)C.C[C-](C)C. The molecule has 0 heterocycles. The molecule has 0 aromatic rings. The van der Waals surface area contributed by atoms with Gasteiger partial charge in [-0.1, -0.05) is 60.3 Å². The normalized spacial score (nSPS) is 14.6. The summed E-state index contributed by atoms with van der Waals surface area (Å²) >= 11 is -0.492. The van der Waals surface area contributed by atoms with Crippen LogP contribution in [0.4, 0.5) is 0 Å². The van der Waals surface area contributed by atoms with Crippen molar-refractivity contribution in [3.8, 4) is 0 Å². The zero-order valence-corrected chi connectivity index (χ0v) is 25.8. The molecule has 2 atom stereocenters. The summed E-state index contributed by atoms with van der Waals surface area (Å²) in [6.07, 6.45) is 4.64. The van der Waals surface area contributed by atoms with Gasteiger partial charge in [0, 0.05) is 0 Å². The Kier molecular flexibility index (Phi) is 22.7. The Labute approximate surface area is 206 Å². The Balaban J connectivity index is -0.000000432. The van der Waals surface area contributed by atoms with Crippen LogP contribution in [-0.2, 0) is 18.2 Å². The molecule has 0 N–H and O–H groups in total. The second-order valence-corrected chi connectivity index (χ2v) is 11.9. The fourth-order valence-corrected chi connectivity index (χ4v) is 3.31. The van der Waals surface area contributed by atoms with Crippen LogP contribution in [0.3, 0.4) is 0 Å². The fraction of sp³-hybridized carbons (Fsp3) is 0.962. The van der Waals surface area contributed by atoms with Crippen LogP contribution in [0.15, 0.2) is 6.99 Å². The maximum absolute atomic E-state index is 4.72. The van der Waals surface area contributed by atoms with Gasteiger partial charge in [0.1, 0.15) is 0 Å². The summed E-state index contributed by atoms with van der Waals surface area (Å²) in [5, 5.41) is 9.43. The summed E-state index contributed by atoms with van der Waals surface area (Å²) in [4.78, 5) is 0. The van der Waals surface area contributed by atoms with Crippen LogP contribution < -0.4 is 0 Å². The van der Waals surface area contributed by atoms with Crippen LogP contribution >= 0.6 is 0 Å². The summed E-state index contributed by atoms with van der Waals surface area (Å²) in [6, 6.07) is 0.880. The van der Waals surface area contributed by atoms with E-state index >= 15 is 0 Å². The summed E-state index contributed by atoms with van der Waals surface area (Å²) < 4.78 is 9.34. The second-order valence-electron chi connectivity index (χ2n) is 10.6. The molecule has 4 nitrogen and oxygen atoms in total. The Morgan fingerprint density at radius 3 is 1.19 bits per heavy atom. The predicted molar refractivity (Wildman–Crippen MR) is 139 cm³/mol. The van der Waals surface area contributed by atoms with Gasteiger partial charge in [-0.15, -0.1) is 12.1 Å². The van der Waals surface area contributed by atoms with E-state index in [1.807, 2.05) is 0 Å². The van der Waals surface area contributed by atoms with E-state index in [1.54, 1.807) is 0 Å². The van der Waals surface area contributed by atoms with Crippen LogP contribution in [0.25, 0.3) is 10.6 Å². The van der Waals surface area contributed by atoms with Crippen LogP contribution in [0.1, 0.15) is 130 Å². The molecule has 0 bridgehead atoms. The molecule has 0 saturated heterocycles. The zero-order valence-electron chi connectivity index (χ0n) is 23.8. The van der Waals surface area contributed by atoms with Crippen molar-refractivity contribution in [2.75, 3.05) is 0 Å². The van der Waals surface area contributed by atoms with Gasteiger partial charge in [-0.2, -0.15) is 20.8 Å². The van der Waals surface area contributed by atoms with Gasteiger partial charge in [0.25, 0.3) is 0 Å². The Hall–Kier alpha value is 0.208. The maximum atomic E-state index is 4.72. The molecule has 0 aliphatic heterocycles. The van der Waals surface area contributed by atoms with E-state index in [-0.39, 0.29) is 17.2 Å². The molecule has 0 rings (SSSR count). The van der Waals surface area contributed by atoms with Gasteiger partial charge in [-0.25, -0.2) is 6.17 Å². The average molecular weight is 522 g/mol. The van der Waals surface area contributed by atoms with Gasteiger partial charge in [0.2, 0.25) is 0 Å². The molecule has 0 amide bonds. The van der Waals surface area contributed by atoms with Crippen LogP contribution in [0.5, 0.6) is 0 Å². The topological polar surface area (TPSA) is 52.9 Å². The smallest absolute Gasteiger partial charge is 0.0658 e. The number of rotatable bonds is 11. The first kappa shape index (κ1) is 35.8. The van der Waals surface area contributed by atoms with E-state index in [1.165, 1.54) is 5.92 Å². The quantitative estimate of drug-likeness (QED) is 0.192. The van der Waals surface area contributed by atoms with Crippen molar-refractivity contribution in [2.45, 2.75) is 159 Å². The van der Waals surface area contributed by atoms with Crippen molar-refractivity contribution in [2.24, 2.45) is 12.9 Å².